The van der Waals surface area contributed by atoms with E-state index in [2.05, 4.69) is 22.0 Å². The Morgan fingerprint density at radius 3 is 2.09 bits per heavy atom. The molecule has 2 aromatic rings. The summed E-state index contributed by atoms with van der Waals surface area (Å²) in [4.78, 5) is 38.9. The Labute approximate surface area is 260 Å². The van der Waals surface area contributed by atoms with Crippen molar-refractivity contribution in [3.8, 4) is 12.1 Å². The van der Waals surface area contributed by atoms with Crippen LogP contribution in [0.3, 0.4) is 0 Å². The first kappa shape index (κ1) is 35.8. The van der Waals surface area contributed by atoms with Crippen LogP contribution in [0, 0.1) is 34.5 Å². The molecule has 0 spiro atoms. The largest absolute Gasteiger partial charge is 0.445 e. The minimum absolute atomic E-state index is 0.00902. The molecule has 0 aliphatic rings. The third kappa shape index (κ3) is 12.8. The predicted molar refractivity (Wildman–Crippen MR) is 166 cm³/mol. The molecule has 0 aliphatic heterocycles. The number of alkyl carbamates (subject to hydrolysis) is 1. The number of unbranched alkanes of at least 4 members (excludes halogenated alkanes) is 1. The minimum atomic E-state index is -1.23. The molecule has 2 aromatic carbocycles. The van der Waals surface area contributed by atoms with E-state index in [0.717, 1.165) is 24.0 Å². The van der Waals surface area contributed by atoms with Gasteiger partial charge in [0.05, 0.1) is 30.7 Å². The second kappa shape index (κ2) is 18.3. The molecule has 0 fully saturated rings. The quantitative estimate of drug-likeness (QED) is 0.219. The van der Waals surface area contributed by atoms with E-state index in [0.29, 0.717) is 6.42 Å². The first-order chi connectivity index (χ1) is 21.0. The molecular formula is C34H45N5O5. The SMILES string of the molecule is CCCCC(CC(O)C(Cc1ccccc1)NC(=O)[C@H](CC#N)NC(=O)OCc1ccccc1)C(C#N)C(=O)NC(C)(C)C. The van der Waals surface area contributed by atoms with Crippen molar-refractivity contribution in [1.29, 1.82) is 10.5 Å². The van der Waals surface area contributed by atoms with Crippen LogP contribution in [0.25, 0.3) is 0 Å². The first-order valence-electron chi connectivity index (χ1n) is 15.1. The fourth-order valence-electron chi connectivity index (χ4n) is 4.83. The third-order valence-electron chi connectivity index (χ3n) is 7.07. The zero-order valence-corrected chi connectivity index (χ0v) is 26.1. The molecule has 0 saturated heterocycles. The Morgan fingerprint density at radius 2 is 1.55 bits per heavy atom. The van der Waals surface area contributed by atoms with E-state index in [1.807, 2.05) is 82.3 Å². The molecule has 0 radical (unpaired) electrons. The highest BCUT2D eigenvalue weighted by molar-refractivity contribution is 5.86. The minimum Gasteiger partial charge on any atom is -0.445 e. The van der Waals surface area contributed by atoms with E-state index < -0.39 is 53.5 Å². The number of aliphatic hydroxyl groups excluding tert-OH is 1. The summed E-state index contributed by atoms with van der Waals surface area (Å²) < 4.78 is 5.23. The Balaban J connectivity index is 2.23. The van der Waals surface area contributed by atoms with Crippen LogP contribution in [0.1, 0.15) is 70.9 Å². The Kier molecular flexibility index (Phi) is 14.9. The zero-order valence-electron chi connectivity index (χ0n) is 26.1. The number of aliphatic hydroxyl groups is 1. The standard InChI is InChI=1S/C34H45N5O5/c1-5-6-17-26(27(22-36)31(41)39-34(2,3)4)21-30(40)29(20-24-13-9-7-10-14-24)37-32(42)28(18-19-35)38-33(43)44-23-25-15-11-8-12-16-25/h7-16,26-30,40H,5-6,17-18,20-21,23H2,1-4H3,(H,37,42)(H,38,43)(H,39,41)/t26?,27?,28-,29?,30?/m0/s1. The second-order valence-electron chi connectivity index (χ2n) is 12.0. The molecule has 4 unspecified atom stereocenters. The van der Waals surface area contributed by atoms with Gasteiger partial charge in [0.2, 0.25) is 11.8 Å². The molecular weight excluding hydrogens is 558 g/mol. The van der Waals surface area contributed by atoms with Crippen molar-refractivity contribution in [2.75, 3.05) is 0 Å². The molecule has 10 heteroatoms. The number of nitrogens with zero attached hydrogens (tertiary/aromatic N) is 2. The fourth-order valence-corrected chi connectivity index (χ4v) is 4.83. The van der Waals surface area contributed by atoms with Crippen molar-refractivity contribution in [1.82, 2.24) is 16.0 Å². The van der Waals surface area contributed by atoms with Gasteiger partial charge in [0.25, 0.3) is 0 Å². The summed E-state index contributed by atoms with van der Waals surface area (Å²) in [6.07, 6.45) is 0.174. The van der Waals surface area contributed by atoms with E-state index in [9.17, 15) is 30.0 Å². The maximum atomic E-state index is 13.4. The lowest BCUT2D eigenvalue weighted by Gasteiger charge is -2.31. The average Bonchev–Trinajstić information content (AvgIpc) is 2.98. The number of rotatable bonds is 16. The van der Waals surface area contributed by atoms with Gasteiger partial charge in [0, 0.05) is 5.54 Å². The fraction of sp³-hybridized carbons (Fsp3) is 0.500. The van der Waals surface area contributed by atoms with Gasteiger partial charge in [-0.1, -0.05) is 80.4 Å². The van der Waals surface area contributed by atoms with E-state index in [4.69, 9.17) is 4.74 Å². The number of amides is 3. The highest BCUT2D eigenvalue weighted by Crippen LogP contribution is 2.27. The number of hydrogen-bond donors (Lipinski definition) is 4. The number of carbonyl (C=O) groups excluding carboxylic acids is 3. The second-order valence-corrected chi connectivity index (χ2v) is 12.0. The van der Waals surface area contributed by atoms with E-state index >= 15 is 0 Å². The van der Waals surface area contributed by atoms with Gasteiger partial charge in [0.15, 0.2) is 0 Å². The molecule has 0 bridgehead atoms. The summed E-state index contributed by atoms with van der Waals surface area (Å²) in [6.45, 7) is 7.51. The normalized spacial score (nSPS) is 14.4. The molecule has 236 valence electrons. The third-order valence-corrected chi connectivity index (χ3v) is 7.07. The van der Waals surface area contributed by atoms with Gasteiger partial charge in [-0.2, -0.15) is 10.5 Å². The van der Waals surface area contributed by atoms with Crippen molar-refractivity contribution in [3.63, 3.8) is 0 Å². The molecule has 4 N–H and O–H groups in total. The topological polar surface area (TPSA) is 164 Å². The number of hydrogen-bond acceptors (Lipinski definition) is 7. The first-order valence-corrected chi connectivity index (χ1v) is 15.1. The summed E-state index contributed by atoms with van der Waals surface area (Å²) in [7, 11) is 0. The number of benzene rings is 2. The Hall–Kier alpha value is -4.41. The molecule has 10 nitrogen and oxygen atoms in total. The van der Waals surface area contributed by atoms with E-state index in [1.54, 1.807) is 12.1 Å². The van der Waals surface area contributed by atoms with Gasteiger partial charge in [-0.25, -0.2) is 4.79 Å². The smallest absolute Gasteiger partial charge is 0.408 e. The number of nitriles is 2. The van der Waals surface area contributed by atoms with Crippen molar-refractivity contribution < 1.29 is 24.2 Å². The predicted octanol–water partition coefficient (Wildman–Crippen LogP) is 4.53. The van der Waals surface area contributed by atoms with Crippen LogP contribution >= 0.6 is 0 Å². The summed E-state index contributed by atoms with van der Waals surface area (Å²) in [5.74, 6) is -2.51. The number of carbonyl (C=O) groups is 3. The maximum absolute atomic E-state index is 13.4. The lowest BCUT2D eigenvalue weighted by Crippen LogP contribution is -2.53. The van der Waals surface area contributed by atoms with Crippen LogP contribution in [0.4, 0.5) is 4.79 Å². The van der Waals surface area contributed by atoms with Crippen LogP contribution in [-0.2, 0) is 27.4 Å². The molecule has 3 amide bonds. The molecule has 5 atom stereocenters. The van der Waals surface area contributed by atoms with Gasteiger partial charge in [-0.3, -0.25) is 9.59 Å². The van der Waals surface area contributed by atoms with Crippen LogP contribution in [0.15, 0.2) is 60.7 Å². The summed E-state index contributed by atoms with van der Waals surface area (Å²) in [5, 5.41) is 39.0. The molecule has 44 heavy (non-hydrogen) atoms. The van der Waals surface area contributed by atoms with E-state index in [1.165, 1.54) is 0 Å². The Morgan fingerprint density at radius 1 is 0.932 bits per heavy atom. The van der Waals surface area contributed by atoms with Gasteiger partial charge >= 0.3 is 6.09 Å². The molecule has 0 aromatic heterocycles. The lowest BCUT2D eigenvalue weighted by molar-refractivity contribution is -0.127. The van der Waals surface area contributed by atoms with Crippen LogP contribution < -0.4 is 16.0 Å². The van der Waals surface area contributed by atoms with Crippen molar-refractivity contribution in [3.05, 3.63) is 71.8 Å². The van der Waals surface area contributed by atoms with Crippen LogP contribution in [0.2, 0.25) is 0 Å². The molecule has 0 saturated carbocycles. The monoisotopic (exact) mass is 603 g/mol. The van der Waals surface area contributed by atoms with Gasteiger partial charge in [-0.15, -0.1) is 0 Å². The maximum Gasteiger partial charge on any atom is 0.408 e. The van der Waals surface area contributed by atoms with Gasteiger partial charge < -0.3 is 25.8 Å². The Bertz CT molecular complexity index is 1270. The van der Waals surface area contributed by atoms with Gasteiger partial charge in [0.1, 0.15) is 18.6 Å². The number of nitrogens with one attached hydrogen (secondary N) is 3. The van der Waals surface area contributed by atoms with Crippen molar-refractivity contribution in [2.45, 2.75) is 96.6 Å². The van der Waals surface area contributed by atoms with Crippen LogP contribution in [-0.4, -0.2) is 46.7 Å². The molecule has 2 rings (SSSR count). The zero-order chi connectivity index (χ0) is 32.5. The molecule has 0 heterocycles. The molecule has 0 aliphatic carbocycles. The summed E-state index contributed by atoms with van der Waals surface area (Å²) >= 11 is 0. The average molecular weight is 604 g/mol. The van der Waals surface area contributed by atoms with Crippen molar-refractivity contribution in [2.24, 2.45) is 11.8 Å². The van der Waals surface area contributed by atoms with Crippen molar-refractivity contribution >= 4 is 17.9 Å². The lowest BCUT2D eigenvalue weighted by atomic mass is 9.81. The van der Waals surface area contributed by atoms with Gasteiger partial charge in [-0.05, 0) is 57.1 Å². The highest BCUT2D eigenvalue weighted by atomic mass is 16.5. The highest BCUT2D eigenvalue weighted by Gasteiger charge is 2.35. The van der Waals surface area contributed by atoms with Crippen LogP contribution in [0.5, 0.6) is 0 Å². The van der Waals surface area contributed by atoms with E-state index in [-0.39, 0.29) is 25.9 Å². The summed E-state index contributed by atoms with van der Waals surface area (Å²) in [6, 6.07) is 20.3. The number of ether oxygens (including phenoxy) is 1. The summed E-state index contributed by atoms with van der Waals surface area (Å²) in [5.41, 5.74) is 1.07.